The molecule has 2 atom stereocenters. The van der Waals surface area contributed by atoms with E-state index >= 15 is 0 Å². The van der Waals surface area contributed by atoms with Crippen LogP contribution in [-0.2, 0) is 10.0 Å². The number of piperidine rings is 1. The van der Waals surface area contributed by atoms with Crippen molar-refractivity contribution in [2.75, 3.05) is 12.3 Å². The smallest absolute Gasteiger partial charge is 0.214 e. The van der Waals surface area contributed by atoms with E-state index in [2.05, 4.69) is 5.32 Å². The number of hydrogen-bond acceptors (Lipinski definition) is 3. The molecule has 0 radical (unpaired) electrons. The minimum absolute atomic E-state index is 0.222. The highest BCUT2D eigenvalue weighted by molar-refractivity contribution is 7.89. The molecule has 0 aromatic carbocycles. The zero-order chi connectivity index (χ0) is 11.8. The van der Waals surface area contributed by atoms with Gasteiger partial charge in [0.15, 0.2) is 0 Å². The molecule has 0 amide bonds. The molecule has 2 rings (SSSR count). The molecule has 2 fully saturated rings. The standard InChI is InChI=1S/C11H22N2O2S/c1-3-13(16(14,15)4-2)11-7-9-5-6-10(8-11)12-9/h9-12H,3-8H2,1-2H3. The van der Waals surface area contributed by atoms with Crippen LogP contribution in [0.2, 0.25) is 0 Å². The Hall–Kier alpha value is -0.130. The van der Waals surface area contributed by atoms with E-state index in [0.29, 0.717) is 18.6 Å². The molecule has 4 nitrogen and oxygen atoms in total. The molecule has 0 aromatic heterocycles. The Morgan fingerprint density at radius 3 is 2.19 bits per heavy atom. The maximum atomic E-state index is 12.0. The molecular weight excluding hydrogens is 224 g/mol. The summed E-state index contributed by atoms with van der Waals surface area (Å²) >= 11 is 0. The molecule has 2 saturated heterocycles. The van der Waals surface area contributed by atoms with Crippen LogP contribution in [0.5, 0.6) is 0 Å². The summed E-state index contributed by atoms with van der Waals surface area (Å²) in [6.45, 7) is 4.28. The van der Waals surface area contributed by atoms with Crippen molar-refractivity contribution in [2.45, 2.75) is 57.7 Å². The van der Waals surface area contributed by atoms with Crippen molar-refractivity contribution in [2.24, 2.45) is 0 Å². The molecular formula is C11H22N2O2S. The van der Waals surface area contributed by atoms with Gasteiger partial charge in [-0.15, -0.1) is 0 Å². The summed E-state index contributed by atoms with van der Waals surface area (Å²) in [6, 6.07) is 1.32. The van der Waals surface area contributed by atoms with Crippen LogP contribution >= 0.6 is 0 Å². The van der Waals surface area contributed by atoms with Crippen molar-refractivity contribution < 1.29 is 8.42 Å². The van der Waals surface area contributed by atoms with Crippen LogP contribution in [-0.4, -0.2) is 43.1 Å². The van der Waals surface area contributed by atoms with Gasteiger partial charge in [0.25, 0.3) is 0 Å². The predicted molar refractivity (Wildman–Crippen MR) is 64.8 cm³/mol. The van der Waals surface area contributed by atoms with E-state index in [-0.39, 0.29) is 11.8 Å². The fraction of sp³-hybridized carbons (Fsp3) is 1.00. The number of nitrogens with one attached hydrogen (secondary N) is 1. The zero-order valence-corrected chi connectivity index (χ0v) is 11.0. The highest BCUT2D eigenvalue weighted by Gasteiger charge is 2.38. The minimum Gasteiger partial charge on any atom is -0.311 e. The summed E-state index contributed by atoms with van der Waals surface area (Å²) in [5.41, 5.74) is 0. The van der Waals surface area contributed by atoms with Gasteiger partial charge in [-0.3, -0.25) is 0 Å². The van der Waals surface area contributed by atoms with Gasteiger partial charge in [0.1, 0.15) is 0 Å². The van der Waals surface area contributed by atoms with Gasteiger partial charge in [0.05, 0.1) is 5.75 Å². The van der Waals surface area contributed by atoms with Crippen LogP contribution in [0.1, 0.15) is 39.5 Å². The first-order valence-electron chi connectivity index (χ1n) is 6.32. The van der Waals surface area contributed by atoms with Gasteiger partial charge in [0.2, 0.25) is 10.0 Å². The Balaban J connectivity index is 2.11. The largest absolute Gasteiger partial charge is 0.311 e. The second-order valence-electron chi connectivity index (χ2n) is 4.87. The van der Waals surface area contributed by atoms with E-state index in [0.717, 1.165) is 12.8 Å². The summed E-state index contributed by atoms with van der Waals surface area (Å²) in [5, 5.41) is 3.55. The van der Waals surface area contributed by atoms with Gasteiger partial charge >= 0.3 is 0 Å². The van der Waals surface area contributed by atoms with E-state index in [1.54, 1.807) is 11.2 Å². The Morgan fingerprint density at radius 2 is 1.75 bits per heavy atom. The van der Waals surface area contributed by atoms with Crippen LogP contribution in [0.3, 0.4) is 0 Å². The third-order valence-corrected chi connectivity index (χ3v) is 5.89. The average molecular weight is 246 g/mol. The van der Waals surface area contributed by atoms with E-state index < -0.39 is 10.0 Å². The van der Waals surface area contributed by atoms with Gasteiger partial charge in [-0.2, -0.15) is 4.31 Å². The van der Waals surface area contributed by atoms with Gasteiger partial charge in [-0.05, 0) is 32.6 Å². The van der Waals surface area contributed by atoms with Gasteiger partial charge in [-0.25, -0.2) is 8.42 Å². The Labute approximate surface area is 98.4 Å². The number of fused-ring (bicyclic) bond motifs is 2. The molecule has 2 unspecified atom stereocenters. The van der Waals surface area contributed by atoms with Crippen LogP contribution in [0.25, 0.3) is 0 Å². The van der Waals surface area contributed by atoms with Crippen molar-refractivity contribution in [3.05, 3.63) is 0 Å². The maximum absolute atomic E-state index is 12.0. The molecule has 0 aromatic rings. The molecule has 0 saturated carbocycles. The lowest BCUT2D eigenvalue weighted by molar-refractivity contribution is 0.232. The lowest BCUT2D eigenvalue weighted by Crippen LogP contribution is -2.50. The predicted octanol–water partition coefficient (Wildman–Crippen LogP) is 0.941. The minimum atomic E-state index is -3.02. The molecule has 16 heavy (non-hydrogen) atoms. The molecule has 2 aliphatic heterocycles. The maximum Gasteiger partial charge on any atom is 0.214 e. The first kappa shape index (κ1) is 12.3. The number of sulfonamides is 1. The number of hydrogen-bond donors (Lipinski definition) is 1. The van der Waals surface area contributed by atoms with Crippen molar-refractivity contribution in [3.8, 4) is 0 Å². The first-order chi connectivity index (χ1) is 7.56. The molecule has 94 valence electrons. The topological polar surface area (TPSA) is 49.4 Å². The lowest BCUT2D eigenvalue weighted by Gasteiger charge is -2.36. The molecule has 2 aliphatic rings. The van der Waals surface area contributed by atoms with Gasteiger partial charge in [0, 0.05) is 24.7 Å². The monoisotopic (exact) mass is 246 g/mol. The van der Waals surface area contributed by atoms with Crippen LogP contribution in [0, 0.1) is 0 Å². The zero-order valence-electron chi connectivity index (χ0n) is 10.1. The average Bonchev–Trinajstić information content (AvgIpc) is 2.59. The molecule has 1 N–H and O–H groups in total. The first-order valence-corrected chi connectivity index (χ1v) is 7.93. The third kappa shape index (κ3) is 2.26. The summed E-state index contributed by atoms with van der Waals surface area (Å²) < 4.78 is 25.7. The fourth-order valence-corrected chi connectivity index (χ4v) is 4.46. The second kappa shape index (κ2) is 4.63. The Bertz CT molecular complexity index is 330. The summed E-state index contributed by atoms with van der Waals surface area (Å²) in [6.07, 6.45) is 4.41. The van der Waals surface area contributed by atoms with Gasteiger partial charge < -0.3 is 5.32 Å². The molecule has 0 spiro atoms. The molecule has 0 aliphatic carbocycles. The fourth-order valence-electron chi connectivity index (χ4n) is 3.11. The normalized spacial score (nSPS) is 34.6. The van der Waals surface area contributed by atoms with Crippen molar-refractivity contribution in [3.63, 3.8) is 0 Å². The van der Waals surface area contributed by atoms with E-state index in [1.165, 1.54) is 12.8 Å². The van der Waals surface area contributed by atoms with Crippen molar-refractivity contribution in [1.29, 1.82) is 0 Å². The highest BCUT2D eigenvalue weighted by atomic mass is 32.2. The van der Waals surface area contributed by atoms with E-state index in [9.17, 15) is 8.42 Å². The SMILES string of the molecule is CCN(C1CC2CCC(C1)N2)S(=O)(=O)CC. The van der Waals surface area contributed by atoms with E-state index in [4.69, 9.17) is 0 Å². The van der Waals surface area contributed by atoms with Crippen LogP contribution in [0.4, 0.5) is 0 Å². The third-order valence-electron chi connectivity index (χ3n) is 3.89. The summed E-state index contributed by atoms with van der Waals surface area (Å²) in [5.74, 6) is 0.222. The molecule has 5 heteroatoms. The van der Waals surface area contributed by atoms with Crippen molar-refractivity contribution >= 4 is 10.0 Å². The Kier molecular flexibility index (Phi) is 3.56. The van der Waals surface area contributed by atoms with Crippen LogP contribution < -0.4 is 5.32 Å². The summed E-state index contributed by atoms with van der Waals surface area (Å²) in [4.78, 5) is 0. The van der Waals surface area contributed by atoms with E-state index in [1.807, 2.05) is 6.92 Å². The molecule has 2 heterocycles. The lowest BCUT2D eigenvalue weighted by atomic mass is 10.00. The second-order valence-corrected chi connectivity index (χ2v) is 7.08. The van der Waals surface area contributed by atoms with Gasteiger partial charge in [-0.1, -0.05) is 6.92 Å². The van der Waals surface area contributed by atoms with Crippen molar-refractivity contribution in [1.82, 2.24) is 9.62 Å². The Morgan fingerprint density at radius 1 is 1.19 bits per heavy atom. The van der Waals surface area contributed by atoms with Crippen LogP contribution in [0.15, 0.2) is 0 Å². The quantitative estimate of drug-likeness (QED) is 0.803. The number of nitrogens with zero attached hydrogens (tertiary/aromatic N) is 1. The molecule has 2 bridgehead atoms. The number of rotatable bonds is 4. The summed E-state index contributed by atoms with van der Waals surface area (Å²) in [7, 11) is -3.02. The highest BCUT2D eigenvalue weighted by Crippen LogP contribution is 2.30.